The van der Waals surface area contributed by atoms with Gasteiger partial charge in [0.15, 0.2) is 0 Å². The molecule has 2 N–H and O–H groups in total. The molecule has 0 spiro atoms. The molecule has 1 aromatic carbocycles. The van der Waals surface area contributed by atoms with Gasteiger partial charge in [0.05, 0.1) is 6.26 Å². The molecular weight excluding hydrogens is 196 g/mol. The van der Waals surface area contributed by atoms with Crippen LogP contribution in [0.3, 0.4) is 0 Å². The maximum Gasteiger partial charge on any atom is 0.328 e. The molecule has 0 aliphatic carbocycles. The van der Waals surface area contributed by atoms with Gasteiger partial charge >= 0.3 is 5.97 Å². The molecule has 0 radical (unpaired) electrons. The molecule has 0 atom stereocenters. The van der Waals surface area contributed by atoms with E-state index in [0.29, 0.717) is 11.1 Å². The van der Waals surface area contributed by atoms with Gasteiger partial charge in [-0.2, -0.15) is 0 Å². The molecule has 0 saturated heterocycles. The Bertz CT molecular complexity index is 537. The van der Waals surface area contributed by atoms with Crippen molar-refractivity contribution >= 4 is 23.0 Å². The number of hydrogen-bond donors (Lipinski definition) is 2. The molecule has 1 heterocycles. The molecule has 0 aliphatic rings. The number of aromatic hydroxyl groups is 1. The van der Waals surface area contributed by atoms with Crippen LogP contribution in [0, 0.1) is 0 Å². The van der Waals surface area contributed by atoms with E-state index in [1.54, 1.807) is 12.1 Å². The van der Waals surface area contributed by atoms with E-state index in [4.69, 9.17) is 9.52 Å². The van der Waals surface area contributed by atoms with E-state index in [2.05, 4.69) is 0 Å². The second-order valence-electron chi connectivity index (χ2n) is 3.04. The van der Waals surface area contributed by atoms with E-state index in [0.717, 1.165) is 11.5 Å². The van der Waals surface area contributed by atoms with Crippen LogP contribution in [0.4, 0.5) is 0 Å². The molecule has 0 aliphatic heterocycles. The molecule has 2 aromatic rings. The van der Waals surface area contributed by atoms with E-state index < -0.39 is 5.97 Å². The van der Waals surface area contributed by atoms with E-state index >= 15 is 0 Å². The Balaban J connectivity index is 2.50. The van der Waals surface area contributed by atoms with Crippen molar-refractivity contribution in [1.82, 2.24) is 0 Å². The van der Waals surface area contributed by atoms with Crippen molar-refractivity contribution in [2.45, 2.75) is 0 Å². The number of rotatable bonds is 2. The third-order valence-corrected chi connectivity index (χ3v) is 2.01. The molecule has 0 fully saturated rings. The Hall–Kier alpha value is -2.23. The van der Waals surface area contributed by atoms with Crippen molar-refractivity contribution in [2.24, 2.45) is 0 Å². The van der Waals surface area contributed by atoms with Gasteiger partial charge in [-0.1, -0.05) is 0 Å². The van der Waals surface area contributed by atoms with Crippen LogP contribution in [-0.4, -0.2) is 16.2 Å². The predicted molar refractivity (Wildman–Crippen MR) is 54.5 cm³/mol. The van der Waals surface area contributed by atoms with E-state index in [-0.39, 0.29) is 5.75 Å². The standard InChI is InChI=1S/C11H8O4/c12-9-6-10-8(3-4-15-10)5-7(9)1-2-11(13)14/h1-6,12H,(H,13,14). The molecule has 0 saturated carbocycles. The SMILES string of the molecule is O=C(O)C=Cc1cc2ccoc2cc1O. The van der Waals surface area contributed by atoms with Crippen LogP contribution in [0.2, 0.25) is 0 Å². The number of phenols is 1. The first-order valence-corrected chi connectivity index (χ1v) is 4.28. The Morgan fingerprint density at radius 2 is 2.20 bits per heavy atom. The highest BCUT2D eigenvalue weighted by molar-refractivity contribution is 5.88. The number of aliphatic carboxylic acids is 1. The van der Waals surface area contributed by atoms with Crippen molar-refractivity contribution < 1.29 is 19.4 Å². The van der Waals surface area contributed by atoms with Crippen LogP contribution in [0.5, 0.6) is 5.75 Å². The lowest BCUT2D eigenvalue weighted by Gasteiger charge is -1.98. The zero-order valence-electron chi connectivity index (χ0n) is 7.68. The van der Waals surface area contributed by atoms with Crippen LogP contribution in [-0.2, 0) is 4.79 Å². The summed E-state index contributed by atoms with van der Waals surface area (Å²) in [6, 6.07) is 4.86. The summed E-state index contributed by atoms with van der Waals surface area (Å²) in [5, 5.41) is 18.8. The van der Waals surface area contributed by atoms with Crippen molar-refractivity contribution in [3.8, 4) is 5.75 Å². The van der Waals surface area contributed by atoms with Gasteiger partial charge in [-0.05, 0) is 18.2 Å². The fourth-order valence-corrected chi connectivity index (χ4v) is 1.31. The second-order valence-corrected chi connectivity index (χ2v) is 3.04. The molecule has 15 heavy (non-hydrogen) atoms. The van der Waals surface area contributed by atoms with E-state index in [9.17, 15) is 9.90 Å². The molecule has 2 rings (SSSR count). The van der Waals surface area contributed by atoms with Gasteiger partial charge in [-0.3, -0.25) is 0 Å². The van der Waals surface area contributed by atoms with E-state index in [1.807, 2.05) is 0 Å². The van der Waals surface area contributed by atoms with Gasteiger partial charge in [0, 0.05) is 23.1 Å². The topological polar surface area (TPSA) is 70.7 Å². The predicted octanol–water partition coefficient (Wildman–Crippen LogP) is 2.24. The first-order valence-electron chi connectivity index (χ1n) is 4.28. The molecule has 76 valence electrons. The summed E-state index contributed by atoms with van der Waals surface area (Å²) >= 11 is 0. The lowest BCUT2D eigenvalue weighted by molar-refractivity contribution is -0.131. The number of carboxylic acid groups (broad SMARTS) is 1. The van der Waals surface area contributed by atoms with Crippen LogP contribution in [0.15, 0.2) is 35.0 Å². The average Bonchev–Trinajstić information content (AvgIpc) is 2.60. The van der Waals surface area contributed by atoms with Crippen LogP contribution in [0.25, 0.3) is 17.0 Å². The van der Waals surface area contributed by atoms with Crippen LogP contribution in [0.1, 0.15) is 5.56 Å². The monoisotopic (exact) mass is 204 g/mol. The first-order chi connectivity index (χ1) is 7.16. The second kappa shape index (κ2) is 3.49. The number of carboxylic acids is 1. The number of furan rings is 1. The van der Waals surface area contributed by atoms with Crippen molar-refractivity contribution in [3.63, 3.8) is 0 Å². The molecule has 4 heteroatoms. The third kappa shape index (κ3) is 1.83. The Morgan fingerprint density at radius 3 is 2.93 bits per heavy atom. The van der Waals surface area contributed by atoms with Crippen LogP contribution >= 0.6 is 0 Å². The first kappa shape index (κ1) is 9.33. The summed E-state index contributed by atoms with van der Waals surface area (Å²) in [4.78, 5) is 10.3. The number of phenolic OH excluding ortho intramolecular Hbond substituents is 1. The van der Waals surface area contributed by atoms with Gasteiger partial charge in [0.2, 0.25) is 0 Å². The van der Waals surface area contributed by atoms with Crippen molar-refractivity contribution in [3.05, 3.63) is 36.1 Å². The van der Waals surface area contributed by atoms with E-state index in [1.165, 1.54) is 18.4 Å². The Labute approximate surface area is 85.1 Å². The summed E-state index contributed by atoms with van der Waals surface area (Å²) < 4.78 is 5.08. The average molecular weight is 204 g/mol. The molecular formula is C11H8O4. The van der Waals surface area contributed by atoms with Crippen LogP contribution < -0.4 is 0 Å². The molecule has 4 nitrogen and oxygen atoms in total. The van der Waals surface area contributed by atoms with Crippen molar-refractivity contribution in [2.75, 3.05) is 0 Å². The summed E-state index contributed by atoms with van der Waals surface area (Å²) in [6.45, 7) is 0. The minimum absolute atomic E-state index is 0.00468. The lowest BCUT2D eigenvalue weighted by Crippen LogP contribution is -1.85. The smallest absolute Gasteiger partial charge is 0.328 e. The van der Waals surface area contributed by atoms with Gasteiger partial charge < -0.3 is 14.6 Å². The van der Waals surface area contributed by atoms with Crippen molar-refractivity contribution in [1.29, 1.82) is 0 Å². The summed E-state index contributed by atoms with van der Waals surface area (Å²) in [7, 11) is 0. The summed E-state index contributed by atoms with van der Waals surface area (Å²) in [5.74, 6) is -1.06. The highest BCUT2D eigenvalue weighted by atomic mass is 16.4. The maximum atomic E-state index is 10.3. The molecule has 1 aromatic heterocycles. The minimum atomic E-state index is -1.05. The largest absolute Gasteiger partial charge is 0.507 e. The number of hydrogen-bond acceptors (Lipinski definition) is 3. The zero-order valence-corrected chi connectivity index (χ0v) is 7.68. The summed E-state index contributed by atoms with van der Waals surface area (Å²) in [6.07, 6.45) is 3.82. The summed E-state index contributed by atoms with van der Waals surface area (Å²) in [5.41, 5.74) is 1.02. The lowest BCUT2D eigenvalue weighted by atomic mass is 10.1. The molecule has 0 unspecified atom stereocenters. The van der Waals surface area contributed by atoms with Gasteiger partial charge in [0.1, 0.15) is 11.3 Å². The maximum absolute atomic E-state index is 10.3. The minimum Gasteiger partial charge on any atom is -0.507 e. The van der Waals surface area contributed by atoms with Gasteiger partial charge in [-0.15, -0.1) is 0 Å². The number of carbonyl (C=O) groups is 1. The van der Waals surface area contributed by atoms with Gasteiger partial charge in [-0.25, -0.2) is 4.79 Å². The number of fused-ring (bicyclic) bond motifs is 1. The Morgan fingerprint density at radius 1 is 1.40 bits per heavy atom. The fourth-order valence-electron chi connectivity index (χ4n) is 1.31. The zero-order chi connectivity index (χ0) is 10.8. The Kier molecular flexibility index (Phi) is 2.17. The quantitative estimate of drug-likeness (QED) is 0.736. The highest BCUT2D eigenvalue weighted by Gasteiger charge is 2.03. The molecule has 0 bridgehead atoms. The third-order valence-electron chi connectivity index (χ3n) is 2.01. The van der Waals surface area contributed by atoms with Gasteiger partial charge in [0.25, 0.3) is 0 Å². The molecule has 0 amide bonds. The normalized spacial score (nSPS) is 11.2. The highest BCUT2D eigenvalue weighted by Crippen LogP contribution is 2.26. The number of benzene rings is 1. The fraction of sp³-hybridized carbons (Fsp3) is 0.